The van der Waals surface area contributed by atoms with Crippen LogP contribution in [0.2, 0.25) is 0 Å². The Morgan fingerprint density at radius 2 is 2.00 bits per heavy atom. The molecule has 114 valence electrons. The molecule has 1 amide bonds. The van der Waals surface area contributed by atoms with Crippen LogP contribution in [-0.4, -0.2) is 34.6 Å². The Morgan fingerprint density at radius 3 is 2.52 bits per heavy atom. The van der Waals surface area contributed by atoms with Gasteiger partial charge in [0.25, 0.3) is 5.91 Å². The third-order valence-corrected chi connectivity index (χ3v) is 3.93. The summed E-state index contributed by atoms with van der Waals surface area (Å²) in [5.41, 5.74) is 7.70. The molecule has 0 bridgehead atoms. The van der Waals surface area contributed by atoms with Crippen molar-refractivity contribution in [2.75, 3.05) is 11.4 Å². The van der Waals surface area contributed by atoms with Crippen molar-refractivity contribution in [1.29, 1.82) is 0 Å². The quantitative estimate of drug-likeness (QED) is 0.859. The maximum atomic E-state index is 11.8. The van der Waals surface area contributed by atoms with Gasteiger partial charge >= 0.3 is 5.97 Å². The standard InChI is InChI=1S/C15H21N3O3/c1-9-7-12(14(15(16)21)10(2)17-9)18(8-13(19)20)11-5-3-4-6-11/h7,11H,3-6,8H2,1-2H3,(H2,16,21)(H,19,20). The normalized spacial score (nSPS) is 15.1. The van der Waals surface area contributed by atoms with Gasteiger partial charge in [-0.05, 0) is 32.8 Å². The molecule has 0 saturated heterocycles. The van der Waals surface area contributed by atoms with Crippen molar-refractivity contribution in [1.82, 2.24) is 4.98 Å². The summed E-state index contributed by atoms with van der Waals surface area (Å²) in [5.74, 6) is -1.48. The number of aliphatic carboxylic acids is 1. The lowest BCUT2D eigenvalue weighted by atomic mass is 10.1. The number of hydrogen-bond acceptors (Lipinski definition) is 4. The van der Waals surface area contributed by atoms with Gasteiger partial charge in [0.1, 0.15) is 6.54 Å². The molecule has 6 nitrogen and oxygen atoms in total. The molecule has 0 unspecified atom stereocenters. The molecule has 1 aromatic heterocycles. The Labute approximate surface area is 124 Å². The van der Waals surface area contributed by atoms with Crippen LogP contribution in [0.3, 0.4) is 0 Å². The molecule has 21 heavy (non-hydrogen) atoms. The first kappa shape index (κ1) is 15.3. The molecule has 1 saturated carbocycles. The van der Waals surface area contributed by atoms with Crippen molar-refractivity contribution in [3.63, 3.8) is 0 Å². The fourth-order valence-corrected chi connectivity index (χ4v) is 3.11. The van der Waals surface area contributed by atoms with Gasteiger partial charge in [-0.2, -0.15) is 0 Å². The van der Waals surface area contributed by atoms with Crippen molar-refractivity contribution >= 4 is 17.6 Å². The molecule has 0 radical (unpaired) electrons. The third kappa shape index (κ3) is 3.32. The number of primary amides is 1. The van der Waals surface area contributed by atoms with E-state index in [1.165, 1.54) is 0 Å². The Morgan fingerprint density at radius 1 is 1.38 bits per heavy atom. The van der Waals surface area contributed by atoms with Crippen molar-refractivity contribution < 1.29 is 14.7 Å². The van der Waals surface area contributed by atoms with Crippen LogP contribution in [0.5, 0.6) is 0 Å². The lowest BCUT2D eigenvalue weighted by Gasteiger charge is -2.31. The lowest BCUT2D eigenvalue weighted by Crippen LogP contribution is -2.39. The molecule has 2 rings (SSSR count). The molecule has 1 aliphatic carbocycles. The van der Waals surface area contributed by atoms with Crippen LogP contribution in [-0.2, 0) is 4.79 Å². The molecule has 6 heteroatoms. The third-order valence-electron chi connectivity index (χ3n) is 3.93. The molecule has 1 aliphatic rings. The number of amides is 1. The smallest absolute Gasteiger partial charge is 0.323 e. The van der Waals surface area contributed by atoms with Crippen molar-refractivity contribution in [3.8, 4) is 0 Å². The summed E-state index contributed by atoms with van der Waals surface area (Å²) in [6.07, 6.45) is 4.03. The lowest BCUT2D eigenvalue weighted by molar-refractivity contribution is -0.135. The second-order valence-corrected chi connectivity index (χ2v) is 5.57. The predicted octanol–water partition coefficient (Wildman–Crippen LogP) is 1.63. The second kappa shape index (κ2) is 6.11. The predicted molar refractivity (Wildman–Crippen MR) is 79.5 cm³/mol. The topological polar surface area (TPSA) is 96.5 Å². The van der Waals surface area contributed by atoms with E-state index in [1.54, 1.807) is 17.9 Å². The molecular formula is C15H21N3O3. The van der Waals surface area contributed by atoms with Gasteiger partial charge in [-0.1, -0.05) is 12.8 Å². The van der Waals surface area contributed by atoms with Crippen LogP contribution in [0.25, 0.3) is 0 Å². The average Bonchev–Trinajstić information content (AvgIpc) is 2.87. The van der Waals surface area contributed by atoms with E-state index in [0.29, 0.717) is 16.9 Å². The number of carboxylic acids is 1. The number of anilines is 1. The highest BCUT2D eigenvalue weighted by Gasteiger charge is 2.28. The summed E-state index contributed by atoms with van der Waals surface area (Å²) in [7, 11) is 0. The minimum Gasteiger partial charge on any atom is -0.480 e. The molecule has 1 fully saturated rings. The van der Waals surface area contributed by atoms with Gasteiger partial charge in [-0.3, -0.25) is 14.6 Å². The summed E-state index contributed by atoms with van der Waals surface area (Å²) < 4.78 is 0. The van der Waals surface area contributed by atoms with Crippen LogP contribution >= 0.6 is 0 Å². The van der Waals surface area contributed by atoms with Crippen LogP contribution < -0.4 is 10.6 Å². The van der Waals surface area contributed by atoms with Crippen LogP contribution in [0.15, 0.2) is 6.07 Å². The summed E-state index contributed by atoms with van der Waals surface area (Å²) >= 11 is 0. The molecule has 3 N–H and O–H groups in total. The number of aromatic nitrogens is 1. The Bertz CT molecular complexity index is 566. The van der Waals surface area contributed by atoms with E-state index < -0.39 is 11.9 Å². The Kier molecular flexibility index (Phi) is 4.45. The van der Waals surface area contributed by atoms with Crippen molar-refractivity contribution in [2.24, 2.45) is 5.73 Å². The summed E-state index contributed by atoms with van der Waals surface area (Å²) in [5, 5.41) is 9.20. The van der Waals surface area contributed by atoms with E-state index in [-0.39, 0.29) is 12.6 Å². The Hall–Kier alpha value is -2.11. The number of rotatable bonds is 5. The van der Waals surface area contributed by atoms with E-state index in [4.69, 9.17) is 5.73 Å². The Balaban J connectivity index is 2.52. The van der Waals surface area contributed by atoms with E-state index in [2.05, 4.69) is 4.98 Å². The van der Waals surface area contributed by atoms with E-state index in [9.17, 15) is 14.7 Å². The highest BCUT2D eigenvalue weighted by atomic mass is 16.4. The van der Waals surface area contributed by atoms with Gasteiger partial charge in [-0.15, -0.1) is 0 Å². The minimum atomic E-state index is -0.913. The van der Waals surface area contributed by atoms with Gasteiger partial charge in [0.05, 0.1) is 16.9 Å². The maximum absolute atomic E-state index is 11.8. The molecule has 0 atom stereocenters. The zero-order valence-corrected chi connectivity index (χ0v) is 12.4. The number of nitrogens with zero attached hydrogens (tertiary/aromatic N) is 2. The van der Waals surface area contributed by atoms with E-state index >= 15 is 0 Å². The number of carbonyl (C=O) groups excluding carboxylic acids is 1. The first-order valence-electron chi connectivity index (χ1n) is 7.16. The first-order chi connectivity index (χ1) is 9.90. The number of carbonyl (C=O) groups is 2. The van der Waals surface area contributed by atoms with Gasteiger partial charge in [0, 0.05) is 11.7 Å². The first-order valence-corrected chi connectivity index (χ1v) is 7.16. The molecule has 1 aromatic rings. The van der Waals surface area contributed by atoms with Crippen LogP contribution in [0.1, 0.15) is 47.4 Å². The second-order valence-electron chi connectivity index (χ2n) is 5.57. The maximum Gasteiger partial charge on any atom is 0.323 e. The zero-order valence-electron chi connectivity index (χ0n) is 12.4. The zero-order chi connectivity index (χ0) is 15.6. The van der Waals surface area contributed by atoms with Gasteiger partial charge in [0.2, 0.25) is 0 Å². The minimum absolute atomic E-state index is 0.131. The number of nitrogens with two attached hydrogens (primary N) is 1. The van der Waals surface area contributed by atoms with E-state index in [1.807, 2.05) is 6.92 Å². The number of pyridine rings is 1. The number of hydrogen-bond donors (Lipinski definition) is 2. The summed E-state index contributed by atoms with van der Waals surface area (Å²) in [6, 6.07) is 1.90. The molecule has 0 aliphatic heterocycles. The molecule has 1 heterocycles. The highest BCUT2D eigenvalue weighted by molar-refractivity contribution is 6.00. The summed E-state index contributed by atoms with van der Waals surface area (Å²) in [6.45, 7) is 3.42. The fourth-order valence-electron chi connectivity index (χ4n) is 3.11. The van der Waals surface area contributed by atoms with Gasteiger partial charge in [-0.25, -0.2) is 0 Å². The average molecular weight is 291 g/mol. The number of aryl methyl sites for hydroxylation is 2. The van der Waals surface area contributed by atoms with Crippen molar-refractivity contribution in [3.05, 3.63) is 23.0 Å². The van der Waals surface area contributed by atoms with Crippen molar-refractivity contribution in [2.45, 2.75) is 45.6 Å². The SMILES string of the molecule is Cc1cc(N(CC(=O)O)C2CCCC2)c(C(N)=O)c(C)n1. The largest absolute Gasteiger partial charge is 0.480 e. The highest BCUT2D eigenvalue weighted by Crippen LogP contribution is 2.31. The summed E-state index contributed by atoms with van der Waals surface area (Å²) in [4.78, 5) is 29.1. The van der Waals surface area contributed by atoms with Gasteiger partial charge in [0.15, 0.2) is 0 Å². The van der Waals surface area contributed by atoms with E-state index in [0.717, 1.165) is 31.4 Å². The molecule has 0 aromatic carbocycles. The molecule has 0 spiro atoms. The van der Waals surface area contributed by atoms with Crippen LogP contribution in [0.4, 0.5) is 5.69 Å². The van der Waals surface area contributed by atoms with Crippen LogP contribution in [0, 0.1) is 13.8 Å². The molecular weight excluding hydrogens is 270 g/mol. The van der Waals surface area contributed by atoms with Gasteiger partial charge < -0.3 is 15.7 Å². The monoisotopic (exact) mass is 291 g/mol. The fraction of sp³-hybridized carbons (Fsp3) is 0.533. The number of carboxylic acid groups (broad SMARTS) is 1.